The second-order valence-electron chi connectivity index (χ2n) is 18.0. The van der Waals surface area contributed by atoms with Crippen molar-refractivity contribution < 1.29 is 52.5 Å². The third kappa shape index (κ3) is 14.8. The minimum absolute atomic E-state index is 0.0375. The molecule has 2 aliphatic rings. The molecule has 7 aromatic carbocycles. The lowest BCUT2D eigenvalue weighted by atomic mass is 9.95. The molecule has 0 saturated carbocycles. The van der Waals surface area contributed by atoms with Crippen LogP contribution in [0.1, 0.15) is 38.9 Å². The van der Waals surface area contributed by atoms with Crippen molar-refractivity contribution >= 4 is 0 Å². The highest BCUT2D eigenvalue weighted by Gasteiger charge is 2.54. The minimum Gasteiger partial charge on any atom is -0.374 e. The molecule has 2 saturated heterocycles. The normalized spacial score (nSPS) is 24.2. The highest BCUT2D eigenvalue weighted by molar-refractivity contribution is 5.19. The van der Waals surface area contributed by atoms with Gasteiger partial charge in [0.15, 0.2) is 12.6 Å². The van der Waals surface area contributed by atoms with Crippen LogP contribution in [0.3, 0.4) is 0 Å². The molecule has 0 radical (unpaired) electrons. The quantitative estimate of drug-likeness (QED) is 0.0591. The molecule has 374 valence electrons. The van der Waals surface area contributed by atoms with Crippen molar-refractivity contribution in [2.45, 2.75) is 108 Å². The molecule has 11 nitrogen and oxygen atoms in total. The van der Waals surface area contributed by atoms with Crippen LogP contribution in [0.5, 0.6) is 0 Å². The Labute approximate surface area is 423 Å². The number of aliphatic hydroxyl groups is 1. The Morgan fingerprint density at radius 2 is 0.569 bits per heavy atom. The van der Waals surface area contributed by atoms with E-state index in [0.29, 0.717) is 13.2 Å². The molecule has 0 bridgehead atoms. The Morgan fingerprint density at radius 3 is 0.931 bits per heavy atom. The summed E-state index contributed by atoms with van der Waals surface area (Å²) < 4.78 is 68.6. The van der Waals surface area contributed by atoms with Crippen molar-refractivity contribution in [3.8, 4) is 0 Å². The zero-order valence-electron chi connectivity index (χ0n) is 40.4. The molecule has 7 aromatic rings. The number of hydrogen-bond donors (Lipinski definition) is 1. The molecular weight excluding hydrogens is 909 g/mol. The van der Waals surface area contributed by atoms with Crippen molar-refractivity contribution in [1.82, 2.24) is 0 Å². The van der Waals surface area contributed by atoms with Crippen LogP contribution in [0.25, 0.3) is 0 Å². The van der Waals surface area contributed by atoms with Gasteiger partial charge < -0.3 is 52.5 Å². The molecule has 10 atom stereocenters. The molecule has 0 aromatic heterocycles. The summed E-state index contributed by atoms with van der Waals surface area (Å²) in [6.45, 7) is 1.91. The largest absolute Gasteiger partial charge is 0.374 e. The van der Waals surface area contributed by atoms with Gasteiger partial charge in [0, 0.05) is 0 Å². The van der Waals surface area contributed by atoms with Crippen molar-refractivity contribution in [2.75, 3.05) is 13.2 Å². The van der Waals surface area contributed by atoms with E-state index < -0.39 is 61.4 Å². The summed E-state index contributed by atoms with van der Waals surface area (Å²) in [6.07, 6.45) is -9.37. The van der Waals surface area contributed by atoms with Crippen LogP contribution in [-0.2, 0) is 93.6 Å². The second-order valence-corrected chi connectivity index (χ2v) is 18.0. The molecule has 72 heavy (non-hydrogen) atoms. The lowest BCUT2D eigenvalue weighted by Gasteiger charge is -2.49. The predicted octanol–water partition coefficient (Wildman–Crippen LogP) is 10.2. The molecule has 2 aliphatic heterocycles. The summed E-state index contributed by atoms with van der Waals surface area (Å²) >= 11 is 0. The average Bonchev–Trinajstić information content (AvgIpc) is 3.43. The van der Waals surface area contributed by atoms with Crippen LogP contribution in [0.2, 0.25) is 0 Å². The summed E-state index contributed by atoms with van der Waals surface area (Å²) in [5.41, 5.74) is 6.75. The molecule has 2 fully saturated rings. The molecule has 11 heteroatoms. The SMILES string of the molecule is O[C@H]1O[C@H](COCc2ccccc2)[C@H](O[C@H]2O[C@H](COCc3ccccc3)[C@@H](OCc3ccccc3)[C@H](OCc3ccccc3)[C@H]2OCc2ccccc2)[C@H](OCc2ccccc2)[C@H]1OCc1ccccc1. The first-order valence-electron chi connectivity index (χ1n) is 24.8. The maximum atomic E-state index is 12.0. The van der Waals surface area contributed by atoms with Crippen LogP contribution in [0.15, 0.2) is 212 Å². The molecule has 0 aliphatic carbocycles. The van der Waals surface area contributed by atoms with E-state index in [-0.39, 0.29) is 46.2 Å². The highest BCUT2D eigenvalue weighted by Crippen LogP contribution is 2.36. The molecule has 9 rings (SSSR count). The Bertz CT molecular complexity index is 2550. The standard InChI is InChI=1S/C61H64O11/c62-60-58(68-41-50-32-18-6-19-33-50)57(67-40-49-30-16-5-17-31-49)55(53(70-60)44-64-37-46-24-10-2-11-25-46)72-61-59(69-42-51-34-20-7-21-35-51)56(66-39-48-28-14-4-15-29-48)54(65-38-47-26-12-3-13-27-47)52(71-61)43-63-36-45-22-8-1-9-23-45/h1-35,52-62H,36-44H2/t52-,53-,54-,55+,56+,57+,58-,59-,60+,61-/m1/s1. The zero-order valence-corrected chi connectivity index (χ0v) is 40.4. The molecule has 0 unspecified atom stereocenters. The van der Waals surface area contributed by atoms with Crippen LogP contribution in [0, 0.1) is 0 Å². The third-order valence-electron chi connectivity index (χ3n) is 12.7. The van der Waals surface area contributed by atoms with Gasteiger partial charge in [-0.1, -0.05) is 212 Å². The van der Waals surface area contributed by atoms with Crippen molar-refractivity contribution in [3.63, 3.8) is 0 Å². The minimum atomic E-state index is -1.41. The molecule has 0 amide bonds. The van der Waals surface area contributed by atoms with Gasteiger partial charge in [-0.3, -0.25) is 0 Å². The Morgan fingerprint density at radius 1 is 0.292 bits per heavy atom. The van der Waals surface area contributed by atoms with Gasteiger partial charge in [0.2, 0.25) is 0 Å². The number of hydrogen-bond acceptors (Lipinski definition) is 11. The lowest BCUT2D eigenvalue weighted by molar-refractivity contribution is -0.374. The molecule has 1 N–H and O–H groups in total. The van der Waals surface area contributed by atoms with E-state index in [1.54, 1.807) is 0 Å². The lowest BCUT2D eigenvalue weighted by Crippen LogP contribution is -2.66. The fourth-order valence-corrected chi connectivity index (χ4v) is 8.97. The van der Waals surface area contributed by atoms with Gasteiger partial charge in [0.25, 0.3) is 0 Å². The number of rotatable bonds is 25. The Balaban J connectivity index is 1.10. The molecule has 2 heterocycles. The van der Waals surface area contributed by atoms with E-state index in [0.717, 1.165) is 38.9 Å². The first-order valence-corrected chi connectivity index (χ1v) is 24.8. The summed E-state index contributed by atoms with van der Waals surface area (Å²) in [7, 11) is 0. The van der Waals surface area contributed by atoms with E-state index in [1.807, 2.05) is 212 Å². The average molecular weight is 973 g/mol. The fraction of sp³-hybridized carbons (Fsp3) is 0.311. The van der Waals surface area contributed by atoms with Crippen LogP contribution in [0.4, 0.5) is 0 Å². The smallest absolute Gasteiger partial charge is 0.187 e. The fourth-order valence-electron chi connectivity index (χ4n) is 8.97. The van der Waals surface area contributed by atoms with E-state index in [2.05, 4.69) is 0 Å². The van der Waals surface area contributed by atoms with Crippen molar-refractivity contribution in [3.05, 3.63) is 251 Å². The van der Waals surface area contributed by atoms with E-state index in [9.17, 15) is 5.11 Å². The van der Waals surface area contributed by atoms with Gasteiger partial charge in [-0.2, -0.15) is 0 Å². The zero-order chi connectivity index (χ0) is 49.0. The van der Waals surface area contributed by atoms with E-state index >= 15 is 0 Å². The van der Waals surface area contributed by atoms with Gasteiger partial charge in [-0.25, -0.2) is 0 Å². The van der Waals surface area contributed by atoms with Gasteiger partial charge in [-0.05, 0) is 38.9 Å². The summed E-state index contributed by atoms with van der Waals surface area (Å²) in [5.74, 6) is 0. The first kappa shape index (κ1) is 51.0. The van der Waals surface area contributed by atoms with Crippen molar-refractivity contribution in [1.29, 1.82) is 0 Å². The third-order valence-corrected chi connectivity index (χ3v) is 12.7. The van der Waals surface area contributed by atoms with E-state index in [4.69, 9.17) is 47.4 Å². The van der Waals surface area contributed by atoms with Gasteiger partial charge in [-0.15, -0.1) is 0 Å². The second kappa shape index (κ2) is 27.2. The maximum absolute atomic E-state index is 12.0. The summed E-state index contributed by atoms with van der Waals surface area (Å²) in [5, 5.41) is 12.0. The highest BCUT2D eigenvalue weighted by atomic mass is 16.8. The monoisotopic (exact) mass is 972 g/mol. The number of benzene rings is 7. The van der Waals surface area contributed by atoms with Crippen molar-refractivity contribution in [2.24, 2.45) is 0 Å². The van der Waals surface area contributed by atoms with Gasteiger partial charge >= 0.3 is 0 Å². The first-order chi connectivity index (χ1) is 35.6. The summed E-state index contributed by atoms with van der Waals surface area (Å²) in [4.78, 5) is 0. The number of ether oxygens (including phenoxy) is 10. The van der Waals surface area contributed by atoms with Crippen LogP contribution < -0.4 is 0 Å². The van der Waals surface area contributed by atoms with Crippen LogP contribution in [-0.4, -0.2) is 79.7 Å². The Kier molecular flexibility index (Phi) is 19.3. The Hall–Kier alpha value is -5.90. The molecular formula is C61H64O11. The van der Waals surface area contributed by atoms with Crippen LogP contribution >= 0.6 is 0 Å². The topological polar surface area (TPSA) is 113 Å². The predicted molar refractivity (Wildman–Crippen MR) is 272 cm³/mol. The summed E-state index contributed by atoms with van der Waals surface area (Å²) in [6, 6.07) is 69.6. The number of aliphatic hydroxyl groups excluding tert-OH is 1. The maximum Gasteiger partial charge on any atom is 0.187 e. The molecule has 0 spiro atoms. The van der Waals surface area contributed by atoms with Gasteiger partial charge in [0.05, 0.1) is 59.5 Å². The van der Waals surface area contributed by atoms with Gasteiger partial charge in [0.1, 0.15) is 48.8 Å². The van der Waals surface area contributed by atoms with E-state index in [1.165, 1.54) is 0 Å².